The molecule has 1 fully saturated rings. The molecule has 0 amide bonds. The molecule has 0 spiro atoms. The molecule has 2 heteroatoms. The lowest BCUT2D eigenvalue weighted by Gasteiger charge is -2.18. The molecule has 0 heterocycles. The maximum atomic E-state index is 11.9. The zero-order valence-electron chi connectivity index (χ0n) is 9.93. The fourth-order valence-electron chi connectivity index (χ4n) is 2.33. The van der Waals surface area contributed by atoms with Crippen molar-refractivity contribution in [3.8, 4) is 0 Å². The second kappa shape index (κ2) is 5.67. The average molecular weight is 230 g/mol. The standard InChI is InChI=1S/C15H18O2/c16-14(12-7-3-1-4-8-12)11-15(17)13-9-5-2-6-10-13/h1,3-4,7-8,11,13,16H,2,5-6,9-10H2/b14-11-. The van der Waals surface area contributed by atoms with E-state index in [2.05, 4.69) is 0 Å². The highest BCUT2D eigenvalue weighted by atomic mass is 16.3. The first-order valence-electron chi connectivity index (χ1n) is 6.27. The smallest absolute Gasteiger partial charge is 0.162 e. The summed E-state index contributed by atoms with van der Waals surface area (Å²) in [4.78, 5) is 11.9. The number of hydrogen-bond donors (Lipinski definition) is 1. The first kappa shape index (κ1) is 11.9. The highest BCUT2D eigenvalue weighted by Gasteiger charge is 2.19. The molecule has 1 aliphatic rings. The van der Waals surface area contributed by atoms with Gasteiger partial charge in [-0.05, 0) is 12.8 Å². The topological polar surface area (TPSA) is 37.3 Å². The molecule has 0 bridgehead atoms. The molecule has 0 aliphatic heterocycles. The second-order valence-electron chi connectivity index (χ2n) is 4.63. The quantitative estimate of drug-likeness (QED) is 0.634. The van der Waals surface area contributed by atoms with E-state index >= 15 is 0 Å². The molecule has 2 rings (SSSR count). The third-order valence-electron chi connectivity index (χ3n) is 3.36. The van der Waals surface area contributed by atoms with Gasteiger partial charge >= 0.3 is 0 Å². The van der Waals surface area contributed by atoms with Crippen LogP contribution >= 0.6 is 0 Å². The Morgan fingerprint density at radius 2 is 1.76 bits per heavy atom. The van der Waals surface area contributed by atoms with Crippen LogP contribution in [0.5, 0.6) is 0 Å². The summed E-state index contributed by atoms with van der Waals surface area (Å²) in [5.74, 6) is 0.279. The minimum Gasteiger partial charge on any atom is -0.507 e. The Morgan fingerprint density at radius 1 is 1.12 bits per heavy atom. The predicted octanol–water partition coefficient (Wildman–Crippen LogP) is 3.73. The van der Waals surface area contributed by atoms with Crippen LogP contribution in [0.1, 0.15) is 37.7 Å². The number of aliphatic hydroxyl groups is 1. The van der Waals surface area contributed by atoms with Gasteiger partial charge in [-0.25, -0.2) is 0 Å². The Bertz CT molecular complexity index is 400. The van der Waals surface area contributed by atoms with Crippen LogP contribution in [0.15, 0.2) is 36.4 Å². The Hall–Kier alpha value is -1.57. The van der Waals surface area contributed by atoms with Gasteiger partial charge < -0.3 is 5.11 Å². The van der Waals surface area contributed by atoms with Gasteiger partial charge in [-0.1, -0.05) is 49.6 Å². The molecular formula is C15H18O2. The van der Waals surface area contributed by atoms with Crippen molar-refractivity contribution in [2.45, 2.75) is 32.1 Å². The second-order valence-corrected chi connectivity index (χ2v) is 4.63. The predicted molar refractivity (Wildman–Crippen MR) is 68.6 cm³/mol. The maximum absolute atomic E-state index is 11.9. The molecule has 1 N–H and O–H groups in total. The zero-order chi connectivity index (χ0) is 12.1. The van der Waals surface area contributed by atoms with Gasteiger partial charge in [-0.3, -0.25) is 4.79 Å². The molecule has 1 saturated carbocycles. The number of carbonyl (C=O) groups is 1. The average Bonchev–Trinajstić information content (AvgIpc) is 2.40. The molecular weight excluding hydrogens is 212 g/mol. The summed E-state index contributed by atoms with van der Waals surface area (Å²) in [5, 5.41) is 9.86. The van der Waals surface area contributed by atoms with E-state index in [0.29, 0.717) is 5.56 Å². The van der Waals surface area contributed by atoms with E-state index in [1.54, 1.807) is 12.1 Å². The van der Waals surface area contributed by atoms with Crippen LogP contribution in [0.25, 0.3) is 5.76 Å². The molecule has 0 unspecified atom stereocenters. The Labute approximate surface area is 102 Å². The lowest BCUT2D eigenvalue weighted by molar-refractivity contribution is -0.119. The van der Waals surface area contributed by atoms with Gasteiger partial charge in [0.25, 0.3) is 0 Å². The first-order chi connectivity index (χ1) is 8.27. The van der Waals surface area contributed by atoms with Crippen molar-refractivity contribution in [1.29, 1.82) is 0 Å². The van der Waals surface area contributed by atoms with Crippen LogP contribution in [0.4, 0.5) is 0 Å². The van der Waals surface area contributed by atoms with E-state index in [1.165, 1.54) is 12.5 Å². The normalized spacial score (nSPS) is 18.0. The summed E-state index contributed by atoms with van der Waals surface area (Å²) in [6.45, 7) is 0. The molecule has 90 valence electrons. The summed E-state index contributed by atoms with van der Waals surface area (Å²) in [6.07, 6.45) is 6.84. The number of hydrogen-bond acceptors (Lipinski definition) is 2. The molecule has 17 heavy (non-hydrogen) atoms. The molecule has 0 aromatic heterocycles. The van der Waals surface area contributed by atoms with Gasteiger partial charge in [-0.15, -0.1) is 0 Å². The maximum Gasteiger partial charge on any atom is 0.162 e. The van der Waals surface area contributed by atoms with Gasteiger partial charge in [0.2, 0.25) is 0 Å². The highest BCUT2D eigenvalue weighted by molar-refractivity contribution is 5.96. The summed E-state index contributed by atoms with van der Waals surface area (Å²) in [6, 6.07) is 9.20. The molecule has 0 saturated heterocycles. The van der Waals surface area contributed by atoms with Crippen molar-refractivity contribution in [1.82, 2.24) is 0 Å². The van der Waals surface area contributed by atoms with Gasteiger partial charge in [0.1, 0.15) is 5.76 Å². The van der Waals surface area contributed by atoms with Crippen LogP contribution in [0, 0.1) is 5.92 Å². The van der Waals surface area contributed by atoms with Gasteiger partial charge in [0.15, 0.2) is 5.78 Å². The van der Waals surface area contributed by atoms with Crippen LogP contribution in [-0.4, -0.2) is 10.9 Å². The summed E-state index contributed by atoms with van der Waals surface area (Å²) in [5.41, 5.74) is 0.705. The van der Waals surface area contributed by atoms with Gasteiger partial charge in [0, 0.05) is 17.6 Å². The Morgan fingerprint density at radius 3 is 2.41 bits per heavy atom. The lowest BCUT2D eigenvalue weighted by Crippen LogP contribution is -2.15. The van der Waals surface area contributed by atoms with Crippen molar-refractivity contribution in [2.24, 2.45) is 5.92 Å². The number of benzene rings is 1. The SMILES string of the molecule is O=C(/C=C(\O)c1ccccc1)C1CCCCC1. The summed E-state index contributed by atoms with van der Waals surface area (Å²) < 4.78 is 0. The largest absolute Gasteiger partial charge is 0.507 e. The van der Waals surface area contributed by atoms with Crippen LogP contribution in [0.2, 0.25) is 0 Å². The number of allylic oxidation sites excluding steroid dienone is 1. The summed E-state index contributed by atoms with van der Waals surface area (Å²) >= 11 is 0. The summed E-state index contributed by atoms with van der Waals surface area (Å²) in [7, 11) is 0. The fourth-order valence-corrected chi connectivity index (χ4v) is 2.33. The van der Waals surface area contributed by atoms with E-state index in [9.17, 15) is 9.90 Å². The number of rotatable bonds is 3. The van der Waals surface area contributed by atoms with Gasteiger partial charge in [0.05, 0.1) is 0 Å². The van der Waals surface area contributed by atoms with E-state index in [1.807, 2.05) is 18.2 Å². The van der Waals surface area contributed by atoms with Crippen molar-refractivity contribution < 1.29 is 9.90 Å². The van der Waals surface area contributed by atoms with Crippen molar-refractivity contribution in [2.75, 3.05) is 0 Å². The van der Waals surface area contributed by atoms with Crippen LogP contribution in [0.3, 0.4) is 0 Å². The van der Waals surface area contributed by atoms with Crippen molar-refractivity contribution >= 4 is 11.5 Å². The zero-order valence-corrected chi connectivity index (χ0v) is 9.93. The van der Waals surface area contributed by atoms with Crippen LogP contribution < -0.4 is 0 Å². The molecule has 1 aromatic rings. The van der Waals surface area contributed by atoms with E-state index in [0.717, 1.165) is 25.7 Å². The molecule has 0 atom stereocenters. The highest BCUT2D eigenvalue weighted by Crippen LogP contribution is 2.25. The number of carbonyl (C=O) groups excluding carboxylic acids is 1. The minimum atomic E-state index is 0.0750. The first-order valence-corrected chi connectivity index (χ1v) is 6.27. The Kier molecular flexibility index (Phi) is 3.97. The minimum absolute atomic E-state index is 0.0750. The lowest BCUT2D eigenvalue weighted by atomic mass is 9.86. The van der Waals surface area contributed by atoms with Crippen LogP contribution in [-0.2, 0) is 4.79 Å². The van der Waals surface area contributed by atoms with E-state index in [-0.39, 0.29) is 17.5 Å². The van der Waals surface area contributed by atoms with Gasteiger partial charge in [-0.2, -0.15) is 0 Å². The van der Waals surface area contributed by atoms with E-state index in [4.69, 9.17) is 0 Å². The third-order valence-corrected chi connectivity index (χ3v) is 3.36. The van der Waals surface area contributed by atoms with Crippen molar-refractivity contribution in [3.63, 3.8) is 0 Å². The molecule has 0 radical (unpaired) electrons. The molecule has 1 aromatic carbocycles. The molecule has 1 aliphatic carbocycles. The monoisotopic (exact) mass is 230 g/mol. The fraction of sp³-hybridized carbons (Fsp3) is 0.400. The van der Waals surface area contributed by atoms with Crippen molar-refractivity contribution in [3.05, 3.63) is 42.0 Å². The Balaban J connectivity index is 2.05. The number of ketones is 1. The third kappa shape index (κ3) is 3.19. The van der Waals surface area contributed by atoms with E-state index < -0.39 is 0 Å². The number of aliphatic hydroxyl groups excluding tert-OH is 1. The molecule has 2 nitrogen and oxygen atoms in total.